The number of rotatable bonds is 6. The maximum Gasteiger partial charge on any atom is 0.257 e. The Balaban J connectivity index is 1.33. The molecule has 3 aromatic rings. The van der Waals surface area contributed by atoms with Crippen molar-refractivity contribution in [1.29, 1.82) is 0 Å². The van der Waals surface area contributed by atoms with Crippen molar-refractivity contribution in [2.75, 3.05) is 45.9 Å². The summed E-state index contributed by atoms with van der Waals surface area (Å²) in [5.41, 5.74) is 3.68. The number of hydrogen-bond acceptors (Lipinski definition) is 6. The minimum absolute atomic E-state index is 0.00275. The van der Waals surface area contributed by atoms with Gasteiger partial charge in [-0.1, -0.05) is 12.1 Å². The summed E-state index contributed by atoms with van der Waals surface area (Å²) >= 11 is 0. The van der Waals surface area contributed by atoms with E-state index in [2.05, 4.69) is 33.3 Å². The van der Waals surface area contributed by atoms with Gasteiger partial charge in [-0.2, -0.15) is 5.10 Å². The third kappa shape index (κ3) is 4.12. The van der Waals surface area contributed by atoms with Crippen molar-refractivity contribution in [3.8, 4) is 22.6 Å². The van der Waals surface area contributed by atoms with E-state index in [-0.39, 0.29) is 17.6 Å². The van der Waals surface area contributed by atoms with Crippen molar-refractivity contribution in [3.05, 3.63) is 60.4 Å². The van der Waals surface area contributed by atoms with Gasteiger partial charge in [-0.3, -0.25) is 9.89 Å². The molecule has 184 valence electrons. The quantitative estimate of drug-likeness (QED) is 0.575. The molecule has 1 spiro atoms. The van der Waals surface area contributed by atoms with E-state index in [1.165, 1.54) is 0 Å². The lowest BCUT2D eigenvalue weighted by molar-refractivity contribution is -0.0234. The fourth-order valence-corrected chi connectivity index (χ4v) is 5.70. The van der Waals surface area contributed by atoms with E-state index in [4.69, 9.17) is 14.2 Å². The second kappa shape index (κ2) is 9.62. The topological polar surface area (TPSA) is 79.9 Å². The number of nitrogens with one attached hydrogen (secondary N) is 1. The van der Waals surface area contributed by atoms with Crippen molar-refractivity contribution < 1.29 is 19.0 Å². The highest BCUT2D eigenvalue weighted by Gasteiger charge is 2.50. The van der Waals surface area contributed by atoms with Gasteiger partial charge in [0.15, 0.2) is 0 Å². The predicted octanol–water partition coefficient (Wildman–Crippen LogP) is 4.20. The largest absolute Gasteiger partial charge is 0.496 e. The van der Waals surface area contributed by atoms with Crippen LogP contribution in [0, 0.1) is 5.41 Å². The number of para-hydroxylation sites is 1. The highest BCUT2D eigenvalue weighted by Crippen LogP contribution is 2.48. The van der Waals surface area contributed by atoms with Gasteiger partial charge in [-0.15, -0.1) is 0 Å². The summed E-state index contributed by atoms with van der Waals surface area (Å²) in [7, 11) is 5.08. The minimum atomic E-state index is -0.0597. The molecule has 8 nitrogen and oxygen atoms in total. The number of likely N-dealkylation sites (tertiary alicyclic amines) is 1. The van der Waals surface area contributed by atoms with Crippen LogP contribution in [0.5, 0.6) is 11.5 Å². The molecule has 0 bridgehead atoms. The number of carbonyl (C=O) groups excluding carboxylic acids is 1. The van der Waals surface area contributed by atoms with Gasteiger partial charge in [0, 0.05) is 61.2 Å². The maximum absolute atomic E-state index is 13.2. The summed E-state index contributed by atoms with van der Waals surface area (Å²) in [6, 6.07) is 13.7. The van der Waals surface area contributed by atoms with Crippen LogP contribution in [0.3, 0.4) is 0 Å². The Bertz CT molecular complexity index is 1170. The molecule has 1 N–H and O–H groups in total. The van der Waals surface area contributed by atoms with E-state index in [0.29, 0.717) is 24.4 Å². The number of aromatic nitrogens is 2. The van der Waals surface area contributed by atoms with E-state index in [0.717, 1.165) is 48.4 Å². The van der Waals surface area contributed by atoms with Crippen LogP contribution in [0.15, 0.2) is 54.9 Å². The van der Waals surface area contributed by atoms with Crippen molar-refractivity contribution in [1.82, 2.24) is 15.1 Å². The highest BCUT2D eigenvalue weighted by atomic mass is 16.5. The van der Waals surface area contributed by atoms with Crippen LogP contribution >= 0.6 is 0 Å². The number of ether oxygens (including phenoxy) is 3. The number of benzene rings is 2. The molecule has 35 heavy (non-hydrogen) atoms. The Hall–Kier alpha value is -3.52. The molecule has 0 radical (unpaired) electrons. The van der Waals surface area contributed by atoms with E-state index in [1.807, 2.05) is 35.4 Å². The molecule has 2 aromatic carbocycles. The molecule has 2 fully saturated rings. The molecule has 0 saturated carbocycles. The zero-order valence-corrected chi connectivity index (χ0v) is 20.5. The normalized spacial score (nSPS) is 19.2. The first kappa shape index (κ1) is 23.2. The number of hydrogen-bond donors (Lipinski definition) is 1. The molecule has 1 amide bonds. The lowest BCUT2D eigenvalue weighted by Crippen LogP contribution is -2.49. The van der Waals surface area contributed by atoms with Gasteiger partial charge < -0.3 is 24.0 Å². The third-order valence-electron chi connectivity index (χ3n) is 7.59. The zero-order chi connectivity index (χ0) is 24.4. The van der Waals surface area contributed by atoms with Crippen molar-refractivity contribution in [2.24, 2.45) is 5.41 Å². The molecule has 0 aliphatic carbocycles. The number of amides is 1. The van der Waals surface area contributed by atoms with Gasteiger partial charge in [0.2, 0.25) is 0 Å². The average Bonchev–Trinajstić information content (AvgIpc) is 3.57. The summed E-state index contributed by atoms with van der Waals surface area (Å²) < 4.78 is 17.2. The lowest BCUT2D eigenvalue weighted by Gasteiger charge is -2.43. The predicted molar refractivity (Wildman–Crippen MR) is 134 cm³/mol. The molecule has 5 rings (SSSR count). The zero-order valence-electron chi connectivity index (χ0n) is 20.5. The summed E-state index contributed by atoms with van der Waals surface area (Å²) in [6.45, 7) is 2.30. The van der Waals surface area contributed by atoms with Gasteiger partial charge in [0.05, 0.1) is 26.0 Å². The van der Waals surface area contributed by atoms with E-state index in [9.17, 15) is 4.79 Å². The number of aromatic amines is 1. The number of carbonyl (C=O) groups is 1. The number of piperidine rings is 1. The standard InChI is InChI=1S/C27H32N4O4/c1-33-23-7-5-4-6-22(23)25(32)30-13-10-27(11-14-30)12-15-31(26(27)35-3)20-8-9-21(24(16-20)34-2)19-17-28-29-18-19/h4-9,16-18,26H,10-15H2,1-3H3,(H,28,29). The van der Waals surface area contributed by atoms with Crippen LogP contribution in [0.25, 0.3) is 11.1 Å². The Morgan fingerprint density at radius 2 is 1.74 bits per heavy atom. The fraction of sp³-hybridized carbons (Fsp3) is 0.407. The second-order valence-electron chi connectivity index (χ2n) is 9.26. The molecule has 2 saturated heterocycles. The van der Waals surface area contributed by atoms with Crippen molar-refractivity contribution in [3.63, 3.8) is 0 Å². The van der Waals surface area contributed by atoms with Crippen LogP contribution < -0.4 is 14.4 Å². The average molecular weight is 477 g/mol. The summed E-state index contributed by atoms with van der Waals surface area (Å²) in [6.07, 6.45) is 6.41. The Morgan fingerprint density at radius 1 is 1.00 bits per heavy atom. The van der Waals surface area contributed by atoms with Gasteiger partial charge >= 0.3 is 0 Å². The van der Waals surface area contributed by atoms with Crippen LogP contribution in [0.1, 0.15) is 29.6 Å². The number of methoxy groups -OCH3 is 3. The summed E-state index contributed by atoms with van der Waals surface area (Å²) in [5, 5.41) is 6.92. The van der Waals surface area contributed by atoms with Crippen LogP contribution in [0.2, 0.25) is 0 Å². The molecular weight excluding hydrogens is 444 g/mol. The lowest BCUT2D eigenvalue weighted by atomic mass is 9.76. The molecule has 3 heterocycles. The Kier molecular flexibility index (Phi) is 6.38. The first-order valence-corrected chi connectivity index (χ1v) is 12.0. The van der Waals surface area contributed by atoms with E-state index in [1.54, 1.807) is 27.5 Å². The number of nitrogens with zero attached hydrogens (tertiary/aromatic N) is 3. The third-order valence-corrected chi connectivity index (χ3v) is 7.59. The molecule has 2 aliphatic heterocycles. The molecule has 2 aliphatic rings. The van der Waals surface area contributed by atoms with Crippen LogP contribution in [-0.4, -0.2) is 68.2 Å². The minimum Gasteiger partial charge on any atom is -0.496 e. The summed E-state index contributed by atoms with van der Waals surface area (Å²) in [5.74, 6) is 1.45. The second-order valence-corrected chi connectivity index (χ2v) is 9.26. The fourth-order valence-electron chi connectivity index (χ4n) is 5.70. The molecule has 1 atom stereocenters. The number of anilines is 1. The van der Waals surface area contributed by atoms with Gasteiger partial charge in [0.1, 0.15) is 17.7 Å². The summed E-state index contributed by atoms with van der Waals surface area (Å²) in [4.78, 5) is 17.5. The Morgan fingerprint density at radius 3 is 2.43 bits per heavy atom. The van der Waals surface area contributed by atoms with Gasteiger partial charge in [-0.05, 0) is 43.5 Å². The SMILES string of the molecule is COc1ccccc1C(=O)N1CCC2(CC1)CCN(c1ccc(-c3cn[nH]c3)c(OC)c1)C2OC. The smallest absolute Gasteiger partial charge is 0.257 e. The first-order valence-electron chi connectivity index (χ1n) is 12.0. The van der Waals surface area contributed by atoms with Crippen molar-refractivity contribution >= 4 is 11.6 Å². The van der Waals surface area contributed by atoms with E-state index < -0.39 is 0 Å². The monoisotopic (exact) mass is 476 g/mol. The van der Waals surface area contributed by atoms with Crippen molar-refractivity contribution in [2.45, 2.75) is 25.5 Å². The van der Waals surface area contributed by atoms with Gasteiger partial charge in [-0.25, -0.2) is 0 Å². The van der Waals surface area contributed by atoms with Crippen LogP contribution in [-0.2, 0) is 4.74 Å². The van der Waals surface area contributed by atoms with Crippen LogP contribution in [0.4, 0.5) is 5.69 Å². The van der Waals surface area contributed by atoms with Gasteiger partial charge in [0.25, 0.3) is 5.91 Å². The molecule has 1 unspecified atom stereocenters. The highest BCUT2D eigenvalue weighted by molar-refractivity contribution is 5.97. The molecule has 1 aromatic heterocycles. The van der Waals surface area contributed by atoms with E-state index >= 15 is 0 Å². The Labute approximate surface area is 205 Å². The number of H-pyrrole nitrogens is 1. The molecule has 8 heteroatoms. The molecular formula is C27H32N4O4. The maximum atomic E-state index is 13.2. The first-order chi connectivity index (χ1) is 17.1.